The molecule has 0 bridgehead atoms. The van der Waals surface area contributed by atoms with Crippen molar-refractivity contribution in [2.24, 2.45) is 0 Å². The highest BCUT2D eigenvalue weighted by atomic mass is 16.5. The molecule has 7 nitrogen and oxygen atoms in total. The van der Waals surface area contributed by atoms with Crippen molar-refractivity contribution in [1.82, 2.24) is 0 Å². The summed E-state index contributed by atoms with van der Waals surface area (Å²) in [4.78, 5) is 39.9. The number of hydrogen-bond donors (Lipinski definition) is 1. The maximum absolute atomic E-state index is 13.6. The molecule has 1 aliphatic heterocycles. The summed E-state index contributed by atoms with van der Waals surface area (Å²) < 4.78 is 10.7. The second-order valence-electron chi connectivity index (χ2n) is 10.5. The van der Waals surface area contributed by atoms with Crippen molar-refractivity contribution in [1.29, 1.82) is 0 Å². The van der Waals surface area contributed by atoms with Crippen LogP contribution in [0.15, 0.2) is 72.3 Å². The smallest absolute Gasteiger partial charge is 0.308 e. The summed E-state index contributed by atoms with van der Waals surface area (Å²) in [7, 11) is 1.49. The lowest BCUT2D eigenvalue weighted by Crippen LogP contribution is -2.29. The van der Waals surface area contributed by atoms with Crippen molar-refractivity contribution >= 4 is 29.1 Å². The van der Waals surface area contributed by atoms with Crippen molar-refractivity contribution in [3.63, 3.8) is 0 Å². The second kappa shape index (κ2) is 10.8. The SMILES string of the molecule is CCc1ccc(N2C(=O)C(=O)/C(=C(/O)c3cc(C(C)(C)C)ccc3OC)C2c2ccc(OC(C)=O)cc2)cc1. The van der Waals surface area contributed by atoms with Gasteiger partial charge in [0.15, 0.2) is 0 Å². The first kappa shape index (κ1) is 27.6. The first-order valence-corrected chi connectivity index (χ1v) is 12.8. The van der Waals surface area contributed by atoms with Crippen LogP contribution >= 0.6 is 0 Å². The third-order valence-corrected chi connectivity index (χ3v) is 6.85. The molecule has 1 saturated heterocycles. The number of nitrogens with zero attached hydrogens (tertiary/aromatic N) is 1. The Balaban J connectivity index is 1.95. The van der Waals surface area contributed by atoms with Gasteiger partial charge in [-0.2, -0.15) is 0 Å². The quantitative estimate of drug-likeness (QED) is 0.137. The molecule has 1 amide bonds. The molecule has 0 saturated carbocycles. The zero-order chi connectivity index (χ0) is 28.5. The van der Waals surface area contributed by atoms with Gasteiger partial charge in [-0.05, 0) is 64.9 Å². The van der Waals surface area contributed by atoms with Crippen LogP contribution in [-0.2, 0) is 26.2 Å². The minimum Gasteiger partial charge on any atom is -0.507 e. The van der Waals surface area contributed by atoms with E-state index in [0.29, 0.717) is 28.3 Å². The monoisotopic (exact) mass is 527 g/mol. The van der Waals surface area contributed by atoms with E-state index < -0.39 is 23.7 Å². The van der Waals surface area contributed by atoms with Gasteiger partial charge in [0, 0.05) is 12.6 Å². The van der Waals surface area contributed by atoms with E-state index in [1.54, 1.807) is 48.5 Å². The van der Waals surface area contributed by atoms with Gasteiger partial charge in [-0.3, -0.25) is 19.3 Å². The van der Waals surface area contributed by atoms with Gasteiger partial charge >= 0.3 is 5.97 Å². The normalized spacial score (nSPS) is 16.9. The number of Topliss-reactive ketones (excluding diaryl/α,β-unsaturated/α-hetero) is 1. The maximum atomic E-state index is 13.6. The third kappa shape index (κ3) is 5.43. The maximum Gasteiger partial charge on any atom is 0.308 e. The number of aliphatic hydroxyl groups is 1. The van der Waals surface area contributed by atoms with E-state index in [1.807, 2.05) is 45.9 Å². The number of esters is 1. The van der Waals surface area contributed by atoms with E-state index in [0.717, 1.165) is 17.5 Å². The molecule has 39 heavy (non-hydrogen) atoms. The minimum atomic E-state index is -0.924. The Morgan fingerprint density at radius 1 is 0.974 bits per heavy atom. The van der Waals surface area contributed by atoms with Gasteiger partial charge < -0.3 is 14.6 Å². The van der Waals surface area contributed by atoms with Crippen LogP contribution in [0.3, 0.4) is 0 Å². The highest BCUT2D eigenvalue weighted by Gasteiger charge is 2.47. The molecule has 0 spiro atoms. The summed E-state index contributed by atoms with van der Waals surface area (Å²) in [6, 6.07) is 18.5. The van der Waals surface area contributed by atoms with Gasteiger partial charge in [0.25, 0.3) is 11.7 Å². The molecule has 0 radical (unpaired) electrons. The molecule has 1 fully saturated rings. The number of aliphatic hydroxyl groups excluding tert-OH is 1. The van der Waals surface area contributed by atoms with E-state index in [9.17, 15) is 19.5 Å². The van der Waals surface area contributed by atoms with Gasteiger partial charge in [-0.15, -0.1) is 0 Å². The Morgan fingerprint density at radius 3 is 2.15 bits per heavy atom. The average Bonchev–Trinajstić information content (AvgIpc) is 3.17. The fraction of sp³-hybridized carbons (Fsp3) is 0.281. The van der Waals surface area contributed by atoms with Crippen LogP contribution in [0.2, 0.25) is 0 Å². The lowest BCUT2D eigenvalue weighted by molar-refractivity contribution is -0.132. The van der Waals surface area contributed by atoms with Gasteiger partial charge in [-0.1, -0.05) is 58.0 Å². The molecule has 3 aromatic carbocycles. The van der Waals surface area contributed by atoms with E-state index in [-0.39, 0.29) is 16.7 Å². The van der Waals surface area contributed by atoms with Crippen molar-refractivity contribution < 1.29 is 29.0 Å². The summed E-state index contributed by atoms with van der Waals surface area (Å²) in [5, 5.41) is 11.7. The van der Waals surface area contributed by atoms with Gasteiger partial charge in [0.2, 0.25) is 0 Å². The number of amides is 1. The molecule has 202 valence electrons. The number of benzene rings is 3. The topological polar surface area (TPSA) is 93.1 Å². The molecule has 0 aliphatic carbocycles. The van der Waals surface area contributed by atoms with E-state index in [4.69, 9.17) is 9.47 Å². The second-order valence-corrected chi connectivity index (χ2v) is 10.5. The Hall–Kier alpha value is -4.39. The molecule has 1 N–H and O–H groups in total. The van der Waals surface area contributed by atoms with Crippen LogP contribution < -0.4 is 14.4 Å². The van der Waals surface area contributed by atoms with Crippen LogP contribution in [0.4, 0.5) is 5.69 Å². The van der Waals surface area contributed by atoms with Gasteiger partial charge in [-0.25, -0.2) is 0 Å². The van der Waals surface area contributed by atoms with Crippen LogP contribution in [0.25, 0.3) is 5.76 Å². The lowest BCUT2D eigenvalue weighted by atomic mass is 9.85. The number of hydrogen-bond acceptors (Lipinski definition) is 6. The summed E-state index contributed by atoms with van der Waals surface area (Å²) in [5.74, 6) is -1.63. The molecule has 4 rings (SSSR count). The number of aryl methyl sites for hydroxylation is 1. The molecular formula is C32H33NO6. The number of anilines is 1. The fourth-order valence-corrected chi connectivity index (χ4v) is 4.70. The van der Waals surface area contributed by atoms with E-state index >= 15 is 0 Å². The summed E-state index contributed by atoms with van der Waals surface area (Å²) in [6.45, 7) is 9.47. The minimum absolute atomic E-state index is 0.0517. The predicted octanol–water partition coefficient (Wildman–Crippen LogP) is 6.11. The van der Waals surface area contributed by atoms with Crippen molar-refractivity contribution in [3.05, 3.63) is 94.6 Å². The zero-order valence-electron chi connectivity index (χ0n) is 23.1. The van der Waals surface area contributed by atoms with Gasteiger partial charge in [0.1, 0.15) is 17.3 Å². The number of carbonyl (C=O) groups excluding carboxylic acids is 3. The largest absolute Gasteiger partial charge is 0.507 e. The molecule has 1 atom stereocenters. The highest BCUT2D eigenvalue weighted by Crippen LogP contribution is 2.44. The van der Waals surface area contributed by atoms with Gasteiger partial charge in [0.05, 0.1) is 24.3 Å². The van der Waals surface area contributed by atoms with Crippen LogP contribution in [-0.4, -0.2) is 29.9 Å². The summed E-state index contributed by atoms with van der Waals surface area (Å²) >= 11 is 0. The summed E-state index contributed by atoms with van der Waals surface area (Å²) in [5.41, 5.74) is 3.14. The molecule has 1 heterocycles. The first-order valence-electron chi connectivity index (χ1n) is 12.8. The predicted molar refractivity (Wildman–Crippen MR) is 150 cm³/mol. The third-order valence-electron chi connectivity index (χ3n) is 6.85. The number of carbonyl (C=O) groups is 3. The first-order chi connectivity index (χ1) is 18.5. The lowest BCUT2D eigenvalue weighted by Gasteiger charge is -2.26. The van der Waals surface area contributed by atoms with Crippen molar-refractivity contribution in [3.8, 4) is 11.5 Å². The summed E-state index contributed by atoms with van der Waals surface area (Å²) in [6.07, 6.45) is 0.823. The number of rotatable bonds is 6. The average molecular weight is 528 g/mol. The standard InChI is InChI=1S/C32H33NO6/c1-7-20-8-13-23(14-9-20)33-28(21-10-15-24(16-11-21)39-19(2)34)27(30(36)31(33)37)29(35)25-18-22(32(3,4)5)12-17-26(25)38-6/h8-18,28,35H,7H2,1-6H3/b29-27+. The number of ether oxygens (including phenoxy) is 2. The molecule has 0 aromatic heterocycles. The molecule has 7 heteroatoms. The van der Waals surface area contributed by atoms with Crippen LogP contribution in [0, 0.1) is 0 Å². The highest BCUT2D eigenvalue weighted by molar-refractivity contribution is 6.51. The van der Waals surface area contributed by atoms with E-state index in [2.05, 4.69) is 0 Å². The Bertz CT molecular complexity index is 1450. The Labute approximate surface area is 228 Å². The van der Waals surface area contributed by atoms with Crippen LogP contribution in [0.5, 0.6) is 11.5 Å². The molecule has 1 unspecified atom stereocenters. The van der Waals surface area contributed by atoms with Crippen molar-refractivity contribution in [2.45, 2.75) is 52.5 Å². The Morgan fingerprint density at radius 2 is 1.62 bits per heavy atom. The number of ketones is 1. The fourth-order valence-electron chi connectivity index (χ4n) is 4.70. The van der Waals surface area contributed by atoms with Crippen molar-refractivity contribution in [2.75, 3.05) is 12.0 Å². The number of methoxy groups -OCH3 is 1. The molecular weight excluding hydrogens is 494 g/mol. The molecule has 3 aromatic rings. The molecule has 1 aliphatic rings. The van der Waals surface area contributed by atoms with Crippen LogP contribution in [0.1, 0.15) is 62.9 Å². The Kier molecular flexibility index (Phi) is 7.63. The van der Waals surface area contributed by atoms with E-state index in [1.165, 1.54) is 18.9 Å². The zero-order valence-corrected chi connectivity index (χ0v) is 23.1.